The zero-order valence-corrected chi connectivity index (χ0v) is 12.3. The van der Waals surface area contributed by atoms with Gasteiger partial charge in [-0.15, -0.1) is 0 Å². The molecule has 0 fully saturated rings. The van der Waals surface area contributed by atoms with Crippen molar-refractivity contribution < 1.29 is 9.90 Å². The molecule has 0 atom stereocenters. The second-order valence-corrected chi connectivity index (χ2v) is 5.32. The second-order valence-electron chi connectivity index (χ2n) is 5.32. The SMILES string of the molecule is CC(C)c1ccc(CNCc2cccc(C(=O)O)n2)cc1. The van der Waals surface area contributed by atoms with E-state index in [0.29, 0.717) is 12.5 Å². The number of aromatic carboxylic acids is 1. The summed E-state index contributed by atoms with van der Waals surface area (Å²) in [6.07, 6.45) is 0. The summed E-state index contributed by atoms with van der Waals surface area (Å²) in [7, 11) is 0. The third kappa shape index (κ3) is 4.39. The Hall–Kier alpha value is -2.20. The number of nitrogens with zero attached hydrogens (tertiary/aromatic N) is 1. The summed E-state index contributed by atoms with van der Waals surface area (Å²) in [4.78, 5) is 14.9. The van der Waals surface area contributed by atoms with Crippen LogP contribution in [0.3, 0.4) is 0 Å². The van der Waals surface area contributed by atoms with Crippen LogP contribution in [0.5, 0.6) is 0 Å². The number of carbonyl (C=O) groups is 1. The fraction of sp³-hybridized carbons (Fsp3) is 0.294. The predicted octanol–water partition coefficient (Wildman–Crippen LogP) is 3.19. The first kappa shape index (κ1) is 15.2. The molecular weight excluding hydrogens is 264 g/mol. The molecule has 2 N–H and O–H groups in total. The summed E-state index contributed by atoms with van der Waals surface area (Å²) in [5, 5.41) is 12.2. The molecule has 0 saturated carbocycles. The van der Waals surface area contributed by atoms with Gasteiger partial charge >= 0.3 is 5.97 Å². The molecule has 4 heteroatoms. The Morgan fingerprint density at radius 3 is 2.48 bits per heavy atom. The molecular formula is C17H20N2O2. The highest BCUT2D eigenvalue weighted by Gasteiger charge is 2.05. The zero-order chi connectivity index (χ0) is 15.2. The van der Waals surface area contributed by atoms with E-state index < -0.39 is 5.97 Å². The Morgan fingerprint density at radius 2 is 1.86 bits per heavy atom. The van der Waals surface area contributed by atoms with Gasteiger partial charge in [-0.1, -0.05) is 44.2 Å². The molecule has 0 spiro atoms. The van der Waals surface area contributed by atoms with Crippen molar-refractivity contribution in [2.75, 3.05) is 0 Å². The van der Waals surface area contributed by atoms with Crippen molar-refractivity contribution in [1.82, 2.24) is 10.3 Å². The molecule has 1 heterocycles. The third-order valence-electron chi connectivity index (χ3n) is 3.31. The minimum absolute atomic E-state index is 0.0792. The summed E-state index contributed by atoms with van der Waals surface area (Å²) in [5.74, 6) is -0.462. The fourth-order valence-corrected chi connectivity index (χ4v) is 2.05. The number of benzene rings is 1. The van der Waals surface area contributed by atoms with Gasteiger partial charge in [0, 0.05) is 13.1 Å². The lowest BCUT2D eigenvalue weighted by Crippen LogP contribution is -2.14. The Bertz CT molecular complexity index is 606. The van der Waals surface area contributed by atoms with E-state index in [9.17, 15) is 4.79 Å². The van der Waals surface area contributed by atoms with E-state index in [1.807, 2.05) is 6.07 Å². The molecule has 0 radical (unpaired) electrons. The highest BCUT2D eigenvalue weighted by atomic mass is 16.4. The first-order chi connectivity index (χ1) is 10.1. The molecule has 0 aliphatic heterocycles. The topological polar surface area (TPSA) is 62.2 Å². The number of hydrogen-bond acceptors (Lipinski definition) is 3. The lowest BCUT2D eigenvalue weighted by Gasteiger charge is -2.08. The minimum atomic E-state index is -0.999. The van der Waals surface area contributed by atoms with Crippen molar-refractivity contribution >= 4 is 5.97 Å². The summed E-state index contributed by atoms with van der Waals surface area (Å²) in [6, 6.07) is 13.5. The van der Waals surface area contributed by atoms with E-state index in [2.05, 4.69) is 48.4 Å². The molecule has 2 aromatic rings. The highest BCUT2D eigenvalue weighted by Crippen LogP contribution is 2.14. The molecule has 2 rings (SSSR count). The van der Waals surface area contributed by atoms with E-state index in [0.717, 1.165) is 12.2 Å². The first-order valence-corrected chi connectivity index (χ1v) is 7.05. The Labute approximate surface area is 124 Å². The Balaban J connectivity index is 1.89. The van der Waals surface area contributed by atoms with Gasteiger partial charge in [-0.2, -0.15) is 0 Å². The van der Waals surface area contributed by atoms with Gasteiger partial charge in [-0.25, -0.2) is 9.78 Å². The number of carboxylic acids is 1. The third-order valence-corrected chi connectivity index (χ3v) is 3.31. The van der Waals surface area contributed by atoms with E-state index in [4.69, 9.17) is 5.11 Å². The molecule has 4 nitrogen and oxygen atoms in total. The monoisotopic (exact) mass is 284 g/mol. The van der Waals surface area contributed by atoms with Crippen molar-refractivity contribution in [2.45, 2.75) is 32.9 Å². The van der Waals surface area contributed by atoms with Gasteiger partial charge < -0.3 is 10.4 Å². The Kier molecular flexibility index (Phi) is 5.06. The molecule has 0 unspecified atom stereocenters. The molecule has 0 aliphatic rings. The van der Waals surface area contributed by atoms with Crippen molar-refractivity contribution in [3.05, 3.63) is 65.0 Å². The van der Waals surface area contributed by atoms with Gasteiger partial charge in [0.1, 0.15) is 5.69 Å². The number of pyridine rings is 1. The second kappa shape index (κ2) is 6.99. The number of rotatable bonds is 6. The van der Waals surface area contributed by atoms with Crippen molar-refractivity contribution in [2.24, 2.45) is 0 Å². The molecule has 0 bridgehead atoms. The molecule has 110 valence electrons. The number of nitrogens with one attached hydrogen (secondary N) is 1. The standard InChI is InChI=1S/C17H20N2O2/c1-12(2)14-8-6-13(7-9-14)10-18-11-15-4-3-5-16(19-15)17(20)21/h3-9,12,18H,10-11H2,1-2H3,(H,20,21). The molecule has 1 aromatic heterocycles. The van der Waals surface area contributed by atoms with E-state index in [1.165, 1.54) is 17.2 Å². The first-order valence-electron chi connectivity index (χ1n) is 7.05. The zero-order valence-electron chi connectivity index (χ0n) is 12.3. The van der Waals surface area contributed by atoms with E-state index >= 15 is 0 Å². The summed E-state index contributed by atoms with van der Waals surface area (Å²) in [5.41, 5.74) is 3.34. The fourth-order valence-electron chi connectivity index (χ4n) is 2.05. The van der Waals surface area contributed by atoms with Crippen LogP contribution in [0.25, 0.3) is 0 Å². The molecule has 0 amide bonds. The number of aromatic nitrogens is 1. The molecule has 0 saturated heterocycles. The summed E-state index contributed by atoms with van der Waals surface area (Å²) in [6.45, 7) is 5.63. The molecule has 21 heavy (non-hydrogen) atoms. The van der Waals surface area contributed by atoms with Gasteiger partial charge in [0.2, 0.25) is 0 Å². The van der Waals surface area contributed by atoms with Crippen LogP contribution in [0.15, 0.2) is 42.5 Å². The lowest BCUT2D eigenvalue weighted by atomic mass is 10.0. The molecule has 0 aliphatic carbocycles. The van der Waals surface area contributed by atoms with E-state index in [-0.39, 0.29) is 5.69 Å². The minimum Gasteiger partial charge on any atom is -0.477 e. The normalized spacial score (nSPS) is 10.8. The van der Waals surface area contributed by atoms with E-state index in [1.54, 1.807) is 6.07 Å². The maximum Gasteiger partial charge on any atom is 0.354 e. The van der Waals surface area contributed by atoms with Gasteiger partial charge in [0.25, 0.3) is 0 Å². The smallest absolute Gasteiger partial charge is 0.354 e. The van der Waals surface area contributed by atoms with Crippen LogP contribution in [0.2, 0.25) is 0 Å². The largest absolute Gasteiger partial charge is 0.477 e. The van der Waals surface area contributed by atoms with Crippen LogP contribution < -0.4 is 5.32 Å². The highest BCUT2D eigenvalue weighted by molar-refractivity contribution is 5.85. The van der Waals surface area contributed by atoms with Crippen molar-refractivity contribution in [1.29, 1.82) is 0 Å². The average Bonchev–Trinajstić information content (AvgIpc) is 2.48. The van der Waals surface area contributed by atoms with Crippen LogP contribution in [0.1, 0.15) is 47.1 Å². The lowest BCUT2D eigenvalue weighted by molar-refractivity contribution is 0.0690. The molecule has 1 aromatic carbocycles. The van der Waals surface area contributed by atoms with Gasteiger partial charge in [0.15, 0.2) is 0 Å². The van der Waals surface area contributed by atoms with Crippen LogP contribution in [0, 0.1) is 0 Å². The number of carboxylic acid groups (broad SMARTS) is 1. The Morgan fingerprint density at radius 1 is 1.14 bits per heavy atom. The van der Waals surface area contributed by atoms with Crippen LogP contribution in [0.4, 0.5) is 0 Å². The summed E-state index contributed by atoms with van der Waals surface area (Å²) < 4.78 is 0. The maximum absolute atomic E-state index is 10.9. The van der Waals surface area contributed by atoms with Gasteiger partial charge in [-0.05, 0) is 29.2 Å². The number of hydrogen-bond donors (Lipinski definition) is 2. The van der Waals surface area contributed by atoms with Gasteiger partial charge in [-0.3, -0.25) is 0 Å². The maximum atomic E-state index is 10.9. The van der Waals surface area contributed by atoms with Crippen molar-refractivity contribution in [3.63, 3.8) is 0 Å². The van der Waals surface area contributed by atoms with Crippen LogP contribution in [-0.4, -0.2) is 16.1 Å². The van der Waals surface area contributed by atoms with Crippen LogP contribution >= 0.6 is 0 Å². The quantitative estimate of drug-likeness (QED) is 0.855. The van der Waals surface area contributed by atoms with Crippen molar-refractivity contribution in [3.8, 4) is 0 Å². The van der Waals surface area contributed by atoms with Crippen LogP contribution in [-0.2, 0) is 13.1 Å². The summed E-state index contributed by atoms with van der Waals surface area (Å²) >= 11 is 0. The average molecular weight is 284 g/mol. The van der Waals surface area contributed by atoms with Gasteiger partial charge in [0.05, 0.1) is 5.69 Å². The predicted molar refractivity (Wildman–Crippen MR) is 82.3 cm³/mol.